The lowest BCUT2D eigenvalue weighted by Crippen LogP contribution is -2.27. The molecule has 0 heterocycles. The predicted molar refractivity (Wildman–Crippen MR) is 118 cm³/mol. The first-order valence-corrected chi connectivity index (χ1v) is 10.1. The fraction of sp³-hybridized carbons (Fsp3) is 0.409. The van der Waals surface area contributed by atoms with E-state index in [4.69, 9.17) is 31.2 Å². The zero-order chi connectivity index (χ0) is 20.6. The van der Waals surface area contributed by atoms with E-state index in [0.717, 1.165) is 29.8 Å². The Hall–Kier alpha value is -2.67. The highest BCUT2D eigenvalue weighted by atomic mass is 32.1. The highest BCUT2D eigenvalue weighted by Crippen LogP contribution is 2.38. The molecule has 1 aliphatic rings. The van der Waals surface area contributed by atoms with Gasteiger partial charge in [-0.15, -0.1) is 0 Å². The zero-order valence-corrected chi connectivity index (χ0v) is 17.9. The fourth-order valence-corrected chi connectivity index (χ4v) is 3.60. The molecule has 0 bridgehead atoms. The summed E-state index contributed by atoms with van der Waals surface area (Å²) in [5, 5.41) is 6.92. The van der Waals surface area contributed by atoms with E-state index in [1.807, 2.05) is 36.4 Å². The molecule has 6 nitrogen and oxygen atoms in total. The Labute approximate surface area is 177 Å². The number of hydrogen-bond acceptors (Lipinski definition) is 5. The van der Waals surface area contributed by atoms with Crippen LogP contribution >= 0.6 is 12.2 Å². The van der Waals surface area contributed by atoms with Gasteiger partial charge in [0, 0.05) is 12.2 Å². The number of benzene rings is 2. The summed E-state index contributed by atoms with van der Waals surface area (Å²) in [4.78, 5) is 0. The molecule has 3 rings (SSSR count). The molecule has 0 atom stereocenters. The van der Waals surface area contributed by atoms with E-state index >= 15 is 0 Å². The molecule has 2 N–H and O–H groups in total. The van der Waals surface area contributed by atoms with E-state index in [9.17, 15) is 0 Å². The van der Waals surface area contributed by atoms with E-state index < -0.39 is 0 Å². The van der Waals surface area contributed by atoms with Crippen molar-refractivity contribution in [2.24, 2.45) is 0 Å². The molecule has 2 aromatic carbocycles. The highest BCUT2D eigenvalue weighted by molar-refractivity contribution is 7.80. The number of ether oxygens (including phenoxy) is 4. The first-order chi connectivity index (χ1) is 14.1. The van der Waals surface area contributed by atoms with E-state index in [-0.39, 0.29) is 0 Å². The van der Waals surface area contributed by atoms with E-state index in [1.165, 1.54) is 12.8 Å². The van der Waals surface area contributed by atoms with E-state index in [2.05, 4.69) is 10.6 Å². The number of thiocarbonyl (C=S) groups is 1. The molecule has 0 amide bonds. The average molecular weight is 417 g/mol. The van der Waals surface area contributed by atoms with Crippen LogP contribution in [0, 0.1) is 0 Å². The molecule has 1 aliphatic carbocycles. The zero-order valence-electron chi connectivity index (χ0n) is 17.1. The molecule has 1 saturated carbocycles. The highest BCUT2D eigenvalue weighted by Gasteiger charge is 2.16. The van der Waals surface area contributed by atoms with Crippen molar-refractivity contribution in [2.75, 3.05) is 26.6 Å². The summed E-state index contributed by atoms with van der Waals surface area (Å²) < 4.78 is 22.1. The van der Waals surface area contributed by atoms with Crippen molar-refractivity contribution in [1.29, 1.82) is 0 Å². The van der Waals surface area contributed by atoms with Crippen molar-refractivity contribution in [3.8, 4) is 23.0 Å². The van der Waals surface area contributed by atoms with Gasteiger partial charge in [0.15, 0.2) is 16.6 Å². The summed E-state index contributed by atoms with van der Waals surface area (Å²) in [6.07, 6.45) is 5.17. The molecule has 0 saturated heterocycles. The molecule has 0 spiro atoms. The summed E-state index contributed by atoms with van der Waals surface area (Å²) in [6.45, 7) is 0.519. The van der Waals surface area contributed by atoms with Gasteiger partial charge in [0.05, 0.1) is 27.4 Å². The van der Waals surface area contributed by atoms with Crippen LogP contribution in [0.15, 0.2) is 36.4 Å². The number of hydrogen-bond donors (Lipinski definition) is 2. The molecule has 1 fully saturated rings. The molecule has 2 aromatic rings. The number of nitrogens with one attached hydrogen (secondary N) is 2. The Morgan fingerprint density at radius 2 is 1.59 bits per heavy atom. The molecular weight excluding hydrogens is 388 g/mol. The second-order valence-electron chi connectivity index (χ2n) is 6.89. The van der Waals surface area contributed by atoms with Crippen molar-refractivity contribution in [2.45, 2.75) is 38.3 Å². The second-order valence-corrected chi connectivity index (χ2v) is 7.30. The van der Waals surface area contributed by atoms with Crippen LogP contribution in [-0.4, -0.2) is 32.5 Å². The van der Waals surface area contributed by atoms with E-state index in [1.54, 1.807) is 21.3 Å². The third-order valence-electron chi connectivity index (χ3n) is 4.89. The largest absolute Gasteiger partial charge is 0.493 e. The molecule has 156 valence electrons. The van der Waals surface area contributed by atoms with Gasteiger partial charge in [0.25, 0.3) is 0 Å². The summed E-state index contributed by atoms with van der Waals surface area (Å²) in [6, 6.07) is 11.7. The molecule has 7 heteroatoms. The minimum Gasteiger partial charge on any atom is -0.493 e. The Balaban J connectivity index is 1.54. The van der Waals surface area contributed by atoms with Crippen molar-refractivity contribution in [3.05, 3.63) is 42.0 Å². The van der Waals surface area contributed by atoms with Gasteiger partial charge in [-0.1, -0.05) is 0 Å². The van der Waals surface area contributed by atoms with Crippen LogP contribution in [0.3, 0.4) is 0 Å². The molecule has 0 aromatic heterocycles. The topological polar surface area (TPSA) is 61.0 Å². The maximum atomic E-state index is 5.99. The summed E-state index contributed by atoms with van der Waals surface area (Å²) in [7, 11) is 4.78. The minimum absolute atomic E-state index is 0.357. The Kier molecular flexibility index (Phi) is 7.41. The lowest BCUT2D eigenvalue weighted by molar-refractivity contribution is 0.210. The number of methoxy groups -OCH3 is 3. The van der Waals surface area contributed by atoms with Crippen LogP contribution < -0.4 is 29.6 Å². The maximum absolute atomic E-state index is 5.99. The van der Waals surface area contributed by atoms with Crippen LogP contribution in [0.4, 0.5) is 5.69 Å². The van der Waals surface area contributed by atoms with Crippen molar-refractivity contribution in [1.82, 2.24) is 5.32 Å². The molecule has 0 aliphatic heterocycles. The fourth-order valence-electron chi connectivity index (χ4n) is 3.41. The molecule has 29 heavy (non-hydrogen) atoms. The minimum atomic E-state index is 0.357. The average Bonchev–Trinajstić information content (AvgIpc) is 3.25. The normalized spacial score (nSPS) is 13.6. The standard InChI is InChI=1S/C22H28N2O4S/c1-25-19-12-15(13-20(26-2)21(19)27-3)14-23-22(29)24-16-8-10-18(11-9-16)28-17-6-4-5-7-17/h8-13,17H,4-7,14H2,1-3H3,(H2,23,24,29). The maximum Gasteiger partial charge on any atom is 0.203 e. The summed E-state index contributed by atoms with van der Waals surface area (Å²) in [5.41, 5.74) is 1.87. The summed E-state index contributed by atoms with van der Waals surface area (Å²) in [5.74, 6) is 2.69. The van der Waals surface area contributed by atoms with E-state index in [0.29, 0.717) is 35.0 Å². The van der Waals surface area contributed by atoms with Crippen molar-refractivity contribution < 1.29 is 18.9 Å². The van der Waals surface area contributed by atoms with Crippen LogP contribution in [0.25, 0.3) is 0 Å². The van der Waals surface area contributed by atoms with Gasteiger partial charge >= 0.3 is 0 Å². The number of anilines is 1. The van der Waals surface area contributed by atoms with Gasteiger partial charge in [-0.2, -0.15) is 0 Å². The quantitative estimate of drug-likeness (QED) is 0.614. The first kappa shape index (κ1) is 21.0. The number of rotatable bonds is 8. The van der Waals surface area contributed by atoms with Gasteiger partial charge in [0.1, 0.15) is 5.75 Å². The Morgan fingerprint density at radius 1 is 0.966 bits per heavy atom. The molecular formula is C22H28N2O4S. The van der Waals surface area contributed by atoms with Gasteiger partial charge in [0.2, 0.25) is 5.75 Å². The van der Waals surface area contributed by atoms with Crippen LogP contribution in [0.2, 0.25) is 0 Å². The van der Waals surface area contributed by atoms with Gasteiger partial charge in [-0.05, 0) is 79.9 Å². The third-order valence-corrected chi connectivity index (χ3v) is 5.14. The summed E-state index contributed by atoms with van der Waals surface area (Å²) >= 11 is 5.41. The van der Waals surface area contributed by atoms with Gasteiger partial charge in [-0.25, -0.2) is 0 Å². The monoisotopic (exact) mass is 416 g/mol. The molecule has 0 radical (unpaired) electrons. The van der Waals surface area contributed by atoms with Crippen LogP contribution in [0.5, 0.6) is 23.0 Å². The lowest BCUT2D eigenvalue weighted by atomic mass is 10.2. The third kappa shape index (κ3) is 5.67. The smallest absolute Gasteiger partial charge is 0.203 e. The van der Waals surface area contributed by atoms with Crippen LogP contribution in [0.1, 0.15) is 31.2 Å². The predicted octanol–water partition coefficient (Wildman–Crippen LogP) is 4.52. The Morgan fingerprint density at radius 3 is 2.14 bits per heavy atom. The van der Waals surface area contributed by atoms with Crippen molar-refractivity contribution >= 4 is 23.0 Å². The van der Waals surface area contributed by atoms with Crippen LogP contribution in [-0.2, 0) is 6.54 Å². The Bertz CT molecular complexity index is 795. The second kappa shape index (κ2) is 10.2. The van der Waals surface area contributed by atoms with Gasteiger partial charge in [-0.3, -0.25) is 0 Å². The first-order valence-electron chi connectivity index (χ1n) is 9.73. The lowest BCUT2D eigenvalue weighted by Gasteiger charge is -2.16. The SMILES string of the molecule is COc1cc(CNC(=S)Nc2ccc(OC3CCCC3)cc2)cc(OC)c1OC. The molecule has 0 unspecified atom stereocenters. The van der Waals surface area contributed by atoms with Crippen molar-refractivity contribution in [3.63, 3.8) is 0 Å². The van der Waals surface area contributed by atoms with Gasteiger partial charge < -0.3 is 29.6 Å².